The van der Waals surface area contributed by atoms with E-state index in [0.29, 0.717) is 23.1 Å². The molecule has 7 nitrogen and oxygen atoms in total. The van der Waals surface area contributed by atoms with Crippen LogP contribution in [0.1, 0.15) is 5.56 Å². The molecule has 2 N–H and O–H groups in total. The lowest BCUT2D eigenvalue weighted by Crippen LogP contribution is -2.19. The molecule has 0 fully saturated rings. The Bertz CT molecular complexity index is 993. The first-order valence-electron chi connectivity index (χ1n) is 7.70. The number of nitrogens with zero attached hydrogens (tertiary/aromatic N) is 3. The minimum Gasteiger partial charge on any atom is -0.332 e. The van der Waals surface area contributed by atoms with Crippen molar-refractivity contribution >= 4 is 46.1 Å². The molecule has 27 heavy (non-hydrogen) atoms. The van der Waals surface area contributed by atoms with Crippen LogP contribution < -0.4 is 10.6 Å². The van der Waals surface area contributed by atoms with Gasteiger partial charge in [0.05, 0.1) is 11.5 Å². The van der Waals surface area contributed by atoms with Crippen molar-refractivity contribution in [3.8, 4) is 0 Å². The Kier molecular flexibility index (Phi) is 5.63. The van der Waals surface area contributed by atoms with Crippen molar-refractivity contribution in [2.75, 3.05) is 10.6 Å². The third kappa shape index (κ3) is 4.99. The van der Waals surface area contributed by atoms with Gasteiger partial charge in [-0.1, -0.05) is 17.7 Å². The second-order valence-corrected chi connectivity index (χ2v) is 6.33. The van der Waals surface area contributed by atoms with Gasteiger partial charge in [0.25, 0.3) is 5.69 Å². The molecule has 0 unspecified atom stereocenters. The zero-order chi connectivity index (χ0) is 19.4. The summed E-state index contributed by atoms with van der Waals surface area (Å²) < 4.78 is 14.7. The minimum absolute atomic E-state index is 0.00220. The summed E-state index contributed by atoms with van der Waals surface area (Å²) in [4.78, 5) is 10.2. The average Bonchev–Trinajstić information content (AvgIpc) is 3.04. The van der Waals surface area contributed by atoms with Gasteiger partial charge in [0.15, 0.2) is 10.9 Å². The molecule has 10 heteroatoms. The summed E-state index contributed by atoms with van der Waals surface area (Å²) in [6.07, 6.45) is 1.73. The highest BCUT2D eigenvalue weighted by molar-refractivity contribution is 7.80. The molecule has 0 aliphatic rings. The number of non-ortho nitro benzene ring substituents is 1. The number of hydrogen-bond donors (Lipinski definition) is 2. The molecular weight excluding hydrogens is 393 g/mol. The fourth-order valence-electron chi connectivity index (χ4n) is 2.29. The van der Waals surface area contributed by atoms with E-state index in [1.165, 1.54) is 24.3 Å². The van der Waals surface area contributed by atoms with Gasteiger partial charge in [0.2, 0.25) is 0 Å². The summed E-state index contributed by atoms with van der Waals surface area (Å²) >= 11 is 11.2. The van der Waals surface area contributed by atoms with E-state index in [0.717, 1.165) is 5.56 Å². The number of halogens is 2. The molecule has 0 radical (unpaired) electrons. The molecular formula is C17H13ClFN5O2S. The van der Waals surface area contributed by atoms with Crippen molar-refractivity contribution in [1.82, 2.24) is 9.78 Å². The maximum atomic E-state index is 13.1. The molecule has 0 aliphatic heterocycles. The Morgan fingerprint density at radius 1 is 1.22 bits per heavy atom. The second-order valence-electron chi connectivity index (χ2n) is 5.52. The number of rotatable bonds is 5. The molecule has 0 aliphatic carbocycles. The maximum absolute atomic E-state index is 13.1. The summed E-state index contributed by atoms with van der Waals surface area (Å²) in [7, 11) is 0. The van der Waals surface area contributed by atoms with Gasteiger partial charge in [0, 0.05) is 35.1 Å². The first-order chi connectivity index (χ1) is 12.9. The molecule has 3 aromatic rings. The van der Waals surface area contributed by atoms with Crippen molar-refractivity contribution in [3.63, 3.8) is 0 Å². The highest BCUT2D eigenvalue weighted by Crippen LogP contribution is 2.19. The van der Waals surface area contributed by atoms with Crippen LogP contribution in [0.4, 0.5) is 21.6 Å². The zero-order valence-corrected chi connectivity index (χ0v) is 15.3. The SMILES string of the molecule is O=[N+]([O-])c1ccc(NC(=S)Nc2ccn(Cc3ccc(F)cc3Cl)n2)cc1. The standard InChI is InChI=1S/C17H13ClFN5O2S/c18-15-9-12(19)2-1-11(15)10-23-8-7-16(22-23)21-17(27)20-13-3-5-14(6-4-13)24(25)26/h1-9H,10H2,(H2,20,21,22,27). The lowest BCUT2D eigenvalue weighted by molar-refractivity contribution is -0.384. The van der Waals surface area contributed by atoms with E-state index in [4.69, 9.17) is 23.8 Å². The summed E-state index contributed by atoms with van der Waals surface area (Å²) in [5.74, 6) is 0.113. The largest absolute Gasteiger partial charge is 0.332 e. The van der Waals surface area contributed by atoms with E-state index in [9.17, 15) is 14.5 Å². The maximum Gasteiger partial charge on any atom is 0.269 e. The number of nitro benzene ring substituents is 1. The van der Waals surface area contributed by atoms with Gasteiger partial charge in [0.1, 0.15) is 5.82 Å². The summed E-state index contributed by atoms with van der Waals surface area (Å²) in [6.45, 7) is 0.378. The monoisotopic (exact) mass is 405 g/mol. The Morgan fingerprint density at radius 3 is 2.63 bits per heavy atom. The van der Waals surface area contributed by atoms with Gasteiger partial charge < -0.3 is 10.6 Å². The molecule has 3 rings (SSSR count). The van der Waals surface area contributed by atoms with Crippen molar-refractivity contribution in [2.24, 2.45) is 0 Å². The van der Waals surface area contributed by atoms with Crippen molar-refractivity contribution in [2.45, 2.75) is 6.54 Å². The predicted octanol–water partition coefficient (Wildman–Crippen LogP) is 4.44. The quantitative estimate of drug-likeness (QED) is 0.371. The van der Waals surface area contributed by atoms with Gasteiger partial charge in [-0.3, -0.25) is 14.8 Å². The Hall–Kier alpha value is -3.04. The lowest BCUT2D eigenvalue weighted by atomic mass is 10.2. The van der Waals surface area contributed by atoms with Crippen LogP contribution in [0.25, 0.3) is 0 Å². The van der Waals surface area contributed by atoms with Crippen LogP contribution in [0.3, 0.4) is 0 Å². The fourth-order valence-corrected chi connectivity index (χ4v) is 2.74. The van der Waals surface area contributed by atoms with Crippen molar-refractivity contribution < 1.29 is 9.31 Å². The summed E-state index contributed by atoms with van der Waals surface area (Å²) in [5, 5.41) is 21.4. The number of hydrogen-bond acceptors (Lipinski definition) is 4. The van der Waals surface area contributed by atoms with Crippen LogP contribution >= 0.6 is 23.8 Å². The molecule has 0 saturated carbocycles. The first kappa shape index (κ1) is 18.7. The van der Waals surface area contributed by atoms with Crippen LogP contribution in [0.5, 0.6) is 0 Å². The number of nitro groups is 1. The van der Waals surface area contributed by atoms with Gasteiger partial charge in [-0.25, -0.2) is 4.39 Å². The molecule has 0 amide bonds. The number of benzene rings is 2. The number of nitrogens with one attached hydrogen (secondary N) is 2. The second kappa shape index (κ2) is 8.11. The van der Waals surface area contributed by atoms with Gasteiger partial charge >= 0.3 is 0 Å². The van der Waals surface area contributed by atoms with Crippen LogP contribution in [-0.2, 0) is 6.54 Å². The lowest BCUT2D eigenvalue weighted by Gasteiger charge is -2.08. The molecule has 138 valence electrons. The average molecular weight is 406 g/mol. The highest BCUT2D eigenvalue weighted by atomic mass is 35.5. The van der Waals surface area contributed by atoms with E-state index < -0.39 is 10.7 Å². The summed E-state index contributed by atoms with van der Waals surface area (Å²) in [6, 6.07) is 11.8. The molecule has 2 aromatic carbocycles. The number of aromatic nitrogens is 2. The molecule has 1 aromatic heterocycles. The summed E-state index contributed by atoms with van der Waals surface area (Å²) in [5.41, 5.74) is 1.34. The highest BCUT2D eigenvalue weighted by Gasteiger charge is 2.07. The minimum atomic E-state index is -0.472. The van der Waals surface area contributed by atoms with E-state index in [1.807, 2.05) is 0 Å². The van der Waals surface area contributed by atoms with Crippen LogP contribution in [0, 0.1) is 15.9 Å². The Labute approximate surface area is 163 Å². The van der Waals surface area contributed by atoms with Gasteiger partial charge in [-0.15, -0.1) is 0 Å². The molecule has 0 atom stereocenters. The molecule has 0 bridgehead atoms. The predicted molar refractivity (Wildman–Crippen MR) is 106 cm³/mol. The van der Waals surface area contributed by atoms with E-state index >= 15 is 0 Å². The third-order valence-electron chi connectivity index (χ3n) is 3.57. The molecule has 0 spiro atoms. The third-order valence-corrected chi connectivity index (χ3v) is 4.12. The topological polar surface area (TPSA) is 85.0 Å². The van der Waals surface area contributed by atoms with Crippen LogP contribution in [-0.4, -0.2) is 19.8 Å². The number of thiocarbonyl (C=S) groups is 1. The van der Waals surface area contributed by atoms with Crippen molar-refractivity contribution in [1.29, 1.82) is 0 Å². The Morgan fingerprint density at radius 2 is 1.96 bits per heavy atom. The van der Waals surface area contributed by atoms with Gasteiger partial charge in [-0.05, 0) is 42.0 Å². The van der Waals surface area contributed by atoms with Crippen LogP contribution in [0.2, 0.25) is 5.02 Å². The Balaban J connectivity index is 1.59. The number of anilines is 2. The van der Waals surface area contributed by atoms with Gasteiger partial charge in [-0.2, -0.15) is 5.10 Å². The van der Waals surface area contributed by atoms with Crippen LogP contribution in [0.15, 0.2) is 54.7 Å². The molecule has 1 heterocycles. The van der Waals surface area contributed by atoms with Crippen molar-refractivity contribution in [3.05, 3.63) is 81.2 Å². The fraction of sp³-hybridized carbons (Fsp3) is 0.0588. The van der Waals surface area contributed by atoms with E-state index in [-0.39, 0.29) is 10.8 Å². The smallest absolute Gasteiger partial charge is 0.269 e. The normalized spacial score (nSPS) is 10.4. The first-order valence-corrected chi connectivity index (χ1v) is 8.49. The van der Waals surface area contributed by atoms with E-state index in [1.54, 1.807) is 35.1 Å². The zero-order valence-electron chi connectivity index (χ0n) is 13.7. The van der Waals surface area contributed by atoms with E-state index in [2.05, 4.69) is 15.7 Å². The molecule has 0 saturated heterocycles.